The maximum atomic E-state index is 9.87. The van der Waals surface area contributed by atoms with E-state index in [2.05, 4.69) is 0 Å². The number of hydrogen-bond acceptors (Lipinski definition) is 1. The maximum Gasteiger partial charge on any atom is 0.0823 e. The highest BCUT2D eigenvalue weighted by molar-refractivity contribution is 4.63. The lowest BCUT2D eigenvalue weighted by atomic mass is 10.0. The summed E-state index contributed by atoms with van der Waals surface area (Å²) >= 11 is 0. The Hall–Kier alpha value is -0.0800. The van der Waals surface area contributed by atoms with Crippen LogP contribution in [0.25, 0.3) is 0 Å². The lowest BCUT2D eigenvalue weighted by Crippen LogP contribution is -2.18. The molecule has 8 heavy (non-hydrogen) atoms. The monoisotopic (exact) mass is 117 g/mol. The first-order chi connectivity index (χ1) is 3.56. The summed E-state index contributed by atoms with van der Waals surface area (Å²) in [5.74, 6) is 0. The Morgan fingerprint density at radius 2 is 2.00 bits per heavy atom. The summed E-state index contributed by atoms with van der Waals surface area (Å²) in [6.45, 7) is 3.34. The van der Waals surface area contributed by atoms with Crippen molar-refractivity contribution in [3.63, 3.8) is 0 Å². The van der Waals surface area contributed by atoms with Gasteiger partial charge in [-0.15, -0.1) is 0 Å². The van der Waals surface area contributed by atoms with Crippen molar-refractivity contribution in [3.8, 4) is 0 Å². The Morgan fingerprint density at radius 1 is 1.50 bits per heavy atom. The smallest absolute Gasteiger partial charge is 0.0823 e. The van der Waals surface area contributed by atoms with Gasteiger partial charge in [-0.2, -0.15) is 0 Å². The molecule has 0 aliphatic carbocycles. The van der Waals surface area contributed by atoms with Crippen molar-refractivity contribution in [3.05, 3.63) is 0 Å². The summed E-state index contributed by atoms with van der Waals surface area (Å²) < 4.78 is 0. The predicted octanol–water partition coefficient (Wildman–Crippen LogP) is 0.968. The van der Waals surface area contributed by atoms with Gasteiger partial charge in [0.05, 0.1) is 12.2 Å². The highest BCUT2D eigenvalue weighted by Gasteiger charge is 2.10. The Kier molecular flexibility index (Phi) is 3.02. The van der Waals surface area contributed by atoms with Crippen molar-refractivity contribution >= 4 is 0 Å². The molecule has 0 amide bonds. The van der Waals surface area contributed by atoms with Crippen LogP contribution in [-0.2, 0) is 5.11 Å². The third-order valence-electron chi connectivity index (χ3n) is 0.933. The van der Waals surface area contributed by atoms with E-state index in [1.807, 2.05) is 0 Å². The number of hydrogen-bond donors (Lipinski definition) is 1. The van der Waals surface area contributed by atoms with Crippen LogP contribution in [0.5, 0.6) is 0 Å². The molecule has 0 aromatic carbocycles. The SMILES string of the molecule is CC(C)(O)CCC[O]. The highest BCUT2D eigenvalue weighted by Crippen LogP contribution is 2.08. The molecule has 0 aromatic heterocycles. The predicted molar refractivity (Wildman–Crippen MR) is 31.1 cm³/mol. The van der Waals surface area contributed by atoms with E-state index in [-0.39, 0.29) is 6.61 Å². The van der Waals surface area contributed by atoms with Gasteiger partial charge in [-0.25, -0.2) is 5.11 Å². The highest BCUT2D eigenvalue weighted by atomic mass is 16.3. The van der Waals surface area contributed by atoms with Crippen LogP contribution in [0, 0.1) is 0 Å². The summed E-state index contributed by atoms with van der Waals surface area (Å²) in [6, 6.07) is 0. The molecule has 1 radical (unpaired) electrons. The first-order valence-corrected chi connectivity index (χ1v) is 2.87. The first kappa shape index (κ1) is 7.92. The molecule has 49 valence electrons. The number of rotatable bonds is 3. The van der Waals surface area contributed by atoms with E-state index < -0.39 is 5.60 Å². The number of aliphatic hydroxyl groups is 1. The van der Waals surface area contributed by atoms with Gasteiger partial charge in [-0.3, -0.25) is 0 Å². The average molecular weight is 117 g/mol. The van der Waals surface area contributed by atoms with E-state index in [9.17, 15) is 5.11 Å². The zero-order valence-electron chi connectivity index (χ0n) is 5.48. The van der Waals surface area contributed by atoms with Crippen LogP contribution >= 0.6 is 0 Å². The van der Waals surface area contributed by atoms with Crippen molar-refractivity contribution in [2.24, 2.45) is 0 Å². The van der Waals surface area contributed by atoms with Crippen LogP contribution in [0.4, 0.5) is 0 Å². The van der Waals surface area contributed by atoms with Gasteiger partial charge < -0.3 is 5.11 Å². The molecule has 0 spiro atoms. The van der Waals surface area contributed by atoms with Crippen LogP contribution in [-0.4, -0.2) is 17.3 Å². The minimum absolute atomic E-state index is 0.0794. The van der Waals surface area contributed by atoms with Gasteiger partial charge in [0.2, 0.25) is 0 Å². The summed E-state index contributed by atoms with van der Waals surface area (Å²) in [7, 11) is 0. The molecule has 0 unspecified atom stereocenters. The van der Waals surface area contributed by atoms with Gasteiger partial charge in [0.25, 0.3) is 0 Å². The van der Waals surface area contributed by atoms with Crippen LogP contribution < -0.4 is 0 Å². The van der Waals surface area contributed by atoms with Gasteiger partial charge in [-0.05, 0) is 26.7 Å². The molecule has 0 fully saturated rings. The Bertz CT molecular complexity index is 54.0. The van der Waals surface area contributed by atoms with Gasteiger partial charge >= 0.3 is 0 Å². The van der Waals surface area contributed by atoms with E-state index in [4.69, 9.17) is 5.11 Å². The van der Waals surface area contributed by atoms with E-state index in [0.717, 1.165) is 0 Å². The molecular formula is C6H13O2. The van der Waals surface area contributed by atoms with Gasteiger partial charge in [0.1, 0.15) is 0 Å². The normalized spacial score (nSPS) is 12.0. The summed E-state index contributed by atoms with van der Waals surface area (Å²) in [4.78, 5) is 0. The lowest BCUT2D eigenvalue weighted by molar-refractivity contribution is 0.0569. The Morgan fingerprint density at radius 3 is 2.12 bits per heavy atom. The second kappa shape index (κ2) is 3.05. The fourth-order valence-corrected chi connectivity index (χ4v) is 0.505. The molecule has 0 bridgehead atoms. The van der Waals surface area contributed by atoms with Crippen LogP contribution in [0.1, 0.15) is 26.7 Å². The Balaban J connectivity index is 3.11. The fourth-order valence-electron chi connectivity index (χ4n) is 0.505. The van der Waals surface area contributed by atoms with Crippen molar-refractivity contribution in [2.75, 3.05) is 6.61 Å². The molecule has 2 nitrogen and oxygen atoms in total. The maximum absolute atomic E-state index is 9.87. The van der Waals surface area contributed by atoms with Gasteiger partial charge in [-0.1, -0.05) is 0 Å². The van der Waals surface area contributed by atoms with E-state index in [1.165, 1.54) is 0 Å². The van der Waals surface area contributed by atoms with Crippen LogP contribution in [0.2, 0.25) is 0 Å². The lowest BCUT2D eigenvalue weighted by Gasteiger charge is -2.14. The standard InChI is InChI=1S/C6H13O2/c1-6(2,8)4-3-5-7/h8H,3-5H2,1-2H3. The van der Waals surface area contributed by atoms with Gasteiger partial charge in [0, 0.05) is 0 Å². The van der Waals surface area contributed by atoms with Crippen molar-refractivity contribution in [1.29, 1.82) is 0 Å². The van der Waals surface area contributed by atoms with Crippen molar-refractivity contribution < 1.29 is 10.2 Å². The van der Waals surface area contributed by atoms with Gasteiger partial charge in [0.15, 0.2) is 0 Å². The molecule has 0 heterocycles. The third kappa shape index (κ3) is 5.92. The third-order valence-corrected chi connectivity index (χ3v) is 0.933. The second-order valence-corrected chi connectivity index (χ2v) is 2.62. The average Bonchev–Trinajstić information content (AvgIpc) is 1.59. The first-order valence-electron chi connectivity index (χ1n) is 2.87. The summed E-state index contributed by atoms with van der Waals surface area (Å²) in [5, 5.41) is 18.9. The molecule has 2 heteroatoms. The molecule has 1 N–H and O–H groups in total. The molecule has 0 atom stereocenters. The molecular weight excluding hydrogens is 104 g/mol. The van der Waals surface area contributed by atoms with E-state index in [1.54, 1.807) is 13.8 Å². The topological polar surface area (TPSA) is 40.1 Å². The summed E-state index contributed by atoms with van der Waals surface area (Å²) in [6.07, 6.45) is 1.18. The quantitative estimate of drug-likeness (QED) is 0.587. The molecule has 0 rings (SSSR count). The molecule has 0 aliphatic heterocycles. The summed E-state index contributed by atoms with van der Waals surface area (Å²) in [5.41, 5.74) is -0.648. The fraction of sp³-hybridized carbons (Fsp3) is 1.00. The minimum Gasteiger partial charge on any atom is -0.390 e. The molecule has 0 aliphatic rings. The zero-order valence-corrected chi connectivity index (χ0v) is 5.48. The van der Waals surface area contributed by atoms with Crippen molar-refractivity contribution in [1.82, 2.24) is 0 Å². The van der Waals surface area contributed by atoms with Crippen LogP contribution in [0.15, 0.2) is 0 Å². The largest absolute Gasteiger partial charge is 0.390 e. The zero-order chi connectivity index (χ0) is 6.62. The Labute approximate surface area is 50.2 Å². The molecule has 0 saturated carbocycles. The molecule has 0 aromatic rings. The second-order valence-electron chi connectivity index (χ2n) is 2.62. The minimum atomic E-state index is -0.648. The van der Waals surface area contributed by atoms with Crippen LogP contribution in [0.3, 0.4) is 0 Å². The van der Waals surface area contributed by atoms with E-state index in [0.29, 0.717) is 12.8 Å². The van der Waals surface area contributed by atoms with E-state index >= 15 is 0 Å². The molecule has 0 saturated heterocycles. The van der Waals surface area contributed by atoms with Crippen molar-refractivity contribution in [2.45, 2.75) is 32.3 Å².